The molecule has 2 aromatic rings. The normalized spacial score (nSPS) is 14.6. The molecule has 3 rings (SSSR count). The number of nitrogens with zero attached hydrogens (tertiary/aromatic N) is 2. The first kappa shape index (κ1) is 17.1. The molecule has 1 saturated heterocycles. The van der Waals surface area contributed by atoms with Gasteiger partial charge in [0, 0.05) is 49.0 Å². The molecule has 0 atom stereocenters. The van der Waals surface area contributed by atoms with E-state index in [2.05, 4.69) is 5.16 Å². The van der Waals surface area contributed by atoms with Gasteiger partial charge < -0.3 is 9.42 Å². The molecular formula is C19H20N2O4. The Morgan fingerprint density at radius 2 is 1.68 bits per heavy atom. The number of benzene rings is 1. The Morgan fingerprint density at radius 3 is 2.24 bits per heavy atom. The lowest BCUT2D eigenvalue weighted by atomic mass is 10.0. The third-order valence-electron chi connectivity index (χ3n) is 4.58. The number of hydrogen-bond donors (Lipinski definition) is 0. The molecule has 2 heterocycles. The number of amides is 1. The molecule has 0 aliphatic carbocycles. The number of ketones is 2. The lowest BCUT2D eigenvalue weighted by molar-refractivity contribution is -0.120. The molecule has 1 fully saturated rings. The Labute approximate surface area is 145 Å². The summed E-state index contributed by atoms with van der Waals surface area (Å²) in [5.41, 5.74) is 2.61. The highest BCUT2D eigenvalue weighted by Gasteiger charge is 2.22. The average Bonchev–Trinajstić information content (AvgIpc) is 2.94. The standard InChI is InChI=1S/C19H20N2O4/c1-12-17(13(2)25-20-12)11-18(23)14-3-5-15(6-4-14)19(24)21-9-7-16(22)8-10-21/h3-6H,7-11H2,1-2H3. The molecule has 25 heavy (non-hydrogen) atoms. The highest BCUT2D eigenvalue weighted by atomic mass is 16.5. The summed E-state index contributed by atoms with van der Waals surface area (Å²) in [7, 11) is 0. The summed E-state index contributed by atoms with van der Waals surface area (Å²) in [4.78, 5) is 37.8. The van der Waals surface area contributed by atoms with Crippen molar-refractivity contribution < 1.29 is 18.9 Å². The van der Waals surface area contributed by atoms with E-state index in [0.717, 1.165) is 11.3 Å². The topological polar surface area (TPSA) is 80.5 Å². The fourth-order valence-corrected chi connectivity index (χ4v) is 2.96. The van der Waals surface area contributed by atoms with Crippen LogP contribution in [0.25, 0.3) is 0 Å². The van der Waals surface area contributed by atoms with Gasteiger partial charge in [-0.2, -0.15) is 0 Å². The van der Waals surface area contributed by atoms with E-state index in [1.165, 1.54) is 0 Å². The number of likely N-dealkylation sites (tertiary alicyclic amines) is 1. The van der Waals surface area contributed by atoms with Crippen molar-refractivity contribution in [3.63, 3.8) is 0 Å². The minimum absolute atomic E-state index is 0.0445. The summed E-state index contributed by atoms with van der Waals surface area (Å²) in [6.07, 6.45) is 1.06. The lowest BCUT2D eigenvalue weighted by Gasteiger charge is -2.26. The minimum Gasteiger partial charge on any atom is -0.361 e. The highest BCUT2D eigenvalue weighted by Crippen LogP contribution is 2.17. The number of hydrogen-bond acceptors (Lipinski definition) is 5. The number of carbonyl (C=O) groups excluding carboxylic acids is 3. The monoisotopic (exact) mass is 340 g/mol. The zero-order valence-corrected chi connectivity index (χ0v) is 14.4. The zero-order valence-electron chi connectivity index (χ0n) is 14.4. The molecule has 0 N–H and O–H groups in total. The van der Waals surface area contributed by atoms with E-state index in [1.807, 2.05) is 6.92 Å². The summed E-state index contributed by atoms with van der Waals surface area (Å²) in [6.45, 7) is 4.52. The van der Waals surface area contributed by atoms with Gasteiger partial charge in [-0.1, -0.05) is 17.3 Å². The summed E-state index contributed by atoms with van der Waals surface area (Å²) < 4.78 is 5.08. The Kier molecular flexibility index (Phi) is 4.79. The second-order valence-corrected chi connectivity index (χ2v) is 6.31. The number of carbonyl (C=O) groups is 3. The Morgan fingerprint density at radius 1 is 1.08 bits per heavy atom. The maximum Gasteiger partial charge on any atom is 0.253 e. The van der Waals surface area contributed by atoms with Crippen molar-refractivity contribution in [3.05, 3.63) is 52.4 Å². The van der Waals surface area contributed by atoms with Gasteiger partial charge in [0.05, 0.1) is 5.69 Å². The van der Waals surface area contributed by atoms with E-state index in [4.69, 9.17) is 4.52 Å². The summed E-state index contributed by atoms with van der Waals surface area (Å²) in [5, 5.41) is 3.86. The van der Waals surface area contributed by atoms with Gasteiger partial charge in [0.2, 0.25) is 0 Å². The van der Waals surface area contributed by atoms with Crippen LogP contribution >= 0.6 is 0 Å². The van der Waals surface area contributed by atoms with Crippen LogP contribution < -0.4 is 0 Å². The minimum atomic E-state index is -0.0998. The van der Waals surface area contributed by atoms with Crippen molar-refractivity contribution in [1.29, 1.82) is 0 Å². The highest BCUT2D eigenvalue weighted by molar-refractivity contribution is 6.00. The van der Waals surface area contributed by atoms with Crippen molar-refractivity contribution in [2.75, 3.05) is 13.1 Å². The Bertz CT molecular complexity index is 791. The molecule has 1 aromatic heterocycles. The van der Waals surface area contributed by atoms with Crippen molar-refractivity contribution >= 4 is 17.5 Å². The van der Waals surface area contributed by atoms with E-state index in [9.17, 15) is 14.4 Å². The van der Waals surface area contributed by atoms with Crippen LogP contribution in [0.1, 0.15) is 50.6 Å². The summed E-state index contributed by atoms with van der Waals surface area (Å²) in [6, 6.07) is 6.67. The Hall–Kier alpha value is -2.76. The second-order valence-electron chi connectivity index (χ2n) is 6.31. The van der Waals surface area contributed by atoms with Crippen LogP contribution in [0.5, 0.6) is 0 Å². The zero-order chi connectivity index (χ0) is 18.0. The molecule has 0 spiro atoms. The van der Waals surface area contributed by atoms with Crippen LogP contribution in [0, 0.1) is 13.8 Å². The third kappa shape index (κ3) is 3.68. The quantitative estimate of drug-likeness (QED) is 0.799. The van der Waals surface area contributed by atoms with Gasteiger partial charge in [-0.3, -0.25) is 14.4 Å². The van der Waals surface area contributed by atoms with E-state index < -0.39 is 0 Å². The number of aryl methyl sites for hydroxylation is 2. The predicted octanol–water partition coefficient (Wildman–Crippen LogP) is 2.52. The van der Waals surface area contributed by atoms with E-state index >= 15 is 0 Å². The molecule has 1 aromatic carbocycles. The van der Waals surface area contributed by atoms with Gasteiger partial charge in [-0.25, -0.2) is 0 Å². The fraction of sp³-hybridized carbons (Fsp3) is 0.368. The summed E-state index contributed by atoms with van der Waals surface area (Å²) >= 11 is 0. The van der Waals surface area contributed by atoms with Crippen LogP contribution in [-0.2, 0) is 11.2 Å². The SMILES string of the molecule is Cc1noc(C)c1CC(=O)c1ccc(C(=O)N2CCC(=O)CC2)cc1. The van der Waals surface area contributed by atoms with Gasteiger partial charge in [-0.05, 0) is 26.0 Å². The van der Waals surface area contributed by atoms with Crippen molar-refractivity contribution in [1.82, 2.24) is 10.1 Å². The van der Waals surface area contributed by atoms with Gasteiger partial charge in [0.25, 0.3) is 5.91 Å². The maximum atomic E-state index is 12.4. The molecule has 0 saturated carbocycles. The first-order valence-electron chi connectivity index (χ1n) is 8.31. The van der Waals surface area contributed by atoms with Crippen molar-refractivity contribution in [3.8, 4) is 0 Å². The third-order valence-corrected chi connectivity index (χ3v) is 4.58. The number of Topliss-reactive ketones (excluding diaryl/α,β-unsaturated/α-hetero) is 2. The van der Waals surface area contributed by atoms with E-state index in [1.54, 1.807) is 36.1 Å². The molecular weight excluding hydrogens is 320 g/mol. The molecule has 1 aliphatic rings. The molecule has 130 valence electrons. The smallest absolute Gasteiger partial charge is 0.253 e. The van der Waals surface area contributed by atoms with Gasteiger partial charge in [0.15, 0.2) is 5.78 Å². The van der Waals surface area contributed by atoms with Gasteiger partial charge in [-0.15, -0.1) is 0 Å². The summed E-state index contributed by atoms with van der Waals surface area (Å²) in [5.74, 6) is 0.704. The van der Waals surface area contributed by atoms with E-state index in [-0.39, 0.29) is 23.9 Å². The molecule has 6 heteroatoms. The number of aromatic nitrogens is 1. The predicted molar refractivity (Wildman–Crippen MR) is 90.6 cm³/mol. The lowest BCUT2D eigenvalue weighted by Crippen LogP contribution is -2.38. The molecule has 0 unspecified atom stereocenters. The Balaban J connectivity index is 1.68. The fourth-order valence-electron chi connectivity index (χ4n) is 2.96. The van der Waals surface area contributed by atoms with Crippen LogP contribution in [0.3, 0.4) is 0 Å². The molecule has 0 radical (unpaired) electrons. The van der Waals surface area contributed by atoms with Crippen LogP contribution in [0.2, 0.25) is 0 Å². The van der Waals surface area contributed by atoms with Crippen LogP contribution in [0.15, 0.2) is 28.8 Å². The number of piperidine rings is 1. The molecule has 1 amide bonds. The number of rotatable bonds is 4. The van der Waals surface area contributed by atoms with Gasteiger partial charge in [0.1, 0.15) is 11.5 Å². The average molecular weight is 340 g/mol. The van der Waals surface area contributed by atoms with E-state index in [0.29, 0.717) is 42.8 Å². The van der Waals surface area contributed by atoms with Crippen LogP contribution in [-0.4, -0.2) is 40.6 Å². The second kappa shape index (κ2) is 7.01. The first-order chi connectivity index (χ1) is 12.0. The molecule has 0 bridgehead atoms. The van der Waals surface area contributed by atoms with Crippen LogP contribution in [0.4, 0.5) is 0 Å². The molecule has 1 aliphatic heterocycles. The van der Waals surface area contributed by atoms with Crippen molar-refractivity contribution in [2.45, 2.75) is 33.1 Å². The van der Waals surface area contributed by atoms with Crippen molar-refractivity contribution in [2.24, 2.45) is 0 Å². The first-order valence-corrected chi connectivity index (χ1v) is 8.31. The largest absolute Gasteiger partial charge is 0.361 e. The maximum absolute atomic E-state index is 12.4. The van der Waals surface area contributed by atoms with Gasteiger partial charge >= 0.3 is 0 Å². The molecule has 6 nitrogen and oxygen atoms in total.